The summed E-state index contributed by atoms with van der Waals surface area (Å²) in [5, 5.41) is 6.73. The van der Waals surface area contributed by atoms with Crippen LogP contribution in [0.4, 0.5) is 0 Å². The molecule has 0 unspecified atom stereocenters. The van der Waals surface area contributed by atoms with E-state index in [-0.39, 0.29) is 0 Å². The molecule has 2 heterocycles. The summed E-state index contributed by atoms with van der Waals surface area (Å²) in [6.45, 7) is 11.1. The van der Waals surface area contributed by atoms with Gasteiger partial charge in [-0.3, -0.25) is 9.89 Å². The zero-order valence-corrected chi connectivity index (χ0v) is 13.8. The fourth-order valence-electron chi connectivity index (χ4n) is 2.60. The molecular formula is C16H30N4O2. The highest BCUT2D eigenvalue weighted by atomic mass is 16.5. The second kappa shape index (κ2) is 10.6. The van der Waals surface area contributed by atoms with Crippen LogP contribution in [0.1, 0.15) is 19.8 Å². The van der Waals surface area contributed by atoms with Gasteiger partial charge in [0.15, 0.2) is 5.96 Å². The molecule has 2 N–H and O–H groups in total. The van der Waals surface area contributed by atoms with Crippen LogP contribution in [0.15, 0.2) is 16.6 Å². The molecule has 0 aliphatic carbocycles. The Morgan fingerprint density at radius 2 is 2.09 bits per heavy atom. The van der Waals surface area contributed by atoms with Gasteiger partial charge in [0, 0.05) is 32.7 Å². The van der Waals surface area contributed by atoms with Gasteiger partial charge in [0.25, 0.3) is 0 Å². The number of nitrogens with zero attached hydrogens (tertiary/aromatic N) is 2. The summed E-state index contributed by atoms with van der Waals surface area (Å²) in [6, 6.07) is 0. The van der Waals surface area contributed by atoms with Crippen LogP contribution >= 0.6 is 0 Å². The van der Waals surface area contributed by atoms with Gasteiger partial charge in [-0.15, -0.1) is 0 Å². The van der Waals surface area contributed by atoms with E-state index < -0.39 is 0 Å². The second-order valence-corrected chi connectivity index (χ2v) is 5.58. The topological polar surface area (TPSA) is 58.1 Å². The maximum Gasteiger partial charge on any atom is 0.191 e. The first-order valence-corrected chi connectivity index (χ1v) is 8.46. The highest BCUT2D eigenvalue weighted by molar-refractivity contribution is 5.79. The molecule has 0 atom stereocenters. The van der Waals surface area contributed by atoms with Gasteiger partial charge >= 0.3 is 0 Å². The zero-order valence-electron chi connectivity index (χ0n) is 13.8. The number of ether oxygens (including phenoxy) is 2. The largest absolute Gasteiger partial charge is 0.379 e. The van der Waals surface area contributed by atoms with E-state index in [1.165, 1.54) is 5.57 Å². The molecule has 2 rings (SSSR count). The molecule has 1 fully saturated rings. The smallest absolute Gasteiger partial charge is 0.191 e. The molecule has 0 aromatic carbocycles. The maximum absolute atomic E-state index is 5.36. The van der Waals surface area contributed by atoms with Crippen molar-refractivity contribution in [1.29, 1.82) is 0 Å². The maximum atomic E-state index is 5.36. The Morgan fingerprint density at radius 3 is 2.82 bits per heavy atom. The Bertz CT molecular complexity index is 365. The Kier molecular flexibility index (Phi) is 8.30. The third-order valence-corrected chi connectivity index (χ3v) is 3.93. The second-order valence-electron chi connectivity index (χ2n) is 5.58. The predicted molar refractivity (Wildman–Crippen MR) is 89.4 cm³/mol. The molecule has 2 aliphatic heterocycles. The number of guanidine groups is 1. The fourth-order valence-corrected chi connectivity index (χ4v) is 2.60. The summed E-state index contributed by atoms with van der Waals surface area (Å²) in [6.07, 6.45) is 4.33. The fraction of sp³-hybridized carbons (Fsp3) is 0.812. The van der Waals surface area contributed by atoms with Gasteiger partial charge in [-0.25, -0.2) is 0 Å². The average molecular weight is 310 g/mol. The summed E-state index contributed by atoms with van der Waals surface area (Å²) < 4.78 is 10.7. The third kappa shape index (κ3) is 6.77. The van der Waals surface area contributed by atoms with Crippen LogP contribution < -0.4 is 10.6 Å². The zero-order chi connectivity index (χ0) is 15.5. The lowest BCUT2D eigenvalue weighted by atomic mass is 10.1. The van der Waals surface area contributed by atoms with Crippen molar-refractivity contribution < 1.29 is 9.47 Å². The first-order valence-electron chi connectivity index (χ1n) is 8.46. The lowest BCUT2D eigenvalue weighted by Gasteiger charge is -2.25. The van der Waals surface area contributed by atoms with Gasteiger partial charge in [-0.05, 0) is 19.8 Å². The van der Waals surface area contributed by atoms with Gasteiger partial charge < -0.3 is 20.1 Å². The van der Waals surface area contributed by atoms with Crippen molar-refractivity contribution in [2.24, 2.45) is 4.99 Å². The molecule has 0 bridgehead atoms. The third-order valence-electron chi connectivity index (χ3n) is 3.93. The predicted octanol–water partition coefficient (Wildman–Crippen LogP) is 0.611. The first kappa shape index (κ1) is 17.2. The molecule has 1 saturated heterocycles. The van der Waals surface area contributed by atoms with Crippen LogP contribution in [-0.2, 0) is 9.47 Å². The minimum atomic E-state index is 0.767. The van der Waals surface area contributed by atoms with E-state index in [9.17, 15) is 0 Å². The lowest BCUT2D eigenvalue weighted by Crippen LogP contribution is -2.40. The minimum absolute atomic E-state index is 0.767. The quantitative estimate of drug-likeness (QED) is 0.410. The van der Waals surface area contributed by atoms with Gasteiger partial charge in [-0.1, -0.05) is 11.6 Å². The highest BCUT2D eigenvalue weighted by Gasteiger charge is 2.09. The Balaban J connectivity index is 1.66. The van der Waals surface area contributed by atoms with Crippen molar-refractivity contribution in [3.63, 3.8) is 0 Å². The van der Waals surface area contributed by atoms with E-state index >= 15 is 0 Å². The number of hydrogen-bond donors (Lipinski definition) is 2. The van der Waals surface area contributed by atoms with Crippen molar-refractivity contribution >= 4 is 5.96 Å². The molecule has 0 radical (unpaired) electrons. The van der Waals surface area contributed by atoms with Crippen LogP contribution in [0.5, 0.6) is 0 Å². The number of morpholine rings is 1. The summed E-state index contributed by atoms with van der Waals surface area (Å²) in [5.41, 5.74) is 1.49. The Morgan fingerprint density at radius 1 is 1.23 bits per heavy atom. The molecule has 22 heavy (non-hydrogen) atoms. The molecule has 0 spiro atoms. The van der Waals surface area contributed by atoms with Crippen LogP contribution in [0.3, 0.4) is 0 Å². The van der Waals surface area contributed by atoms with E-state index in [0.717, 1.165) is 84.5 Å². The Labute approximate surface area is 133 Å². The summed E-state index contributed by atoms with van der Waals surface area (Å²) in [4.78, 5) is 7.06. The molecule has 0 aromatic rings. The average Bonchev–Trinajstić information content (AvgIpc) is 2.57. The summed E-state index contributed by atoms with van der Waals surface area (Å²) >= 11 is 0. The highest BCUT2D eigenvalue weighted by Crippen LogP contribution is 2.10. The van der Waals surface area contributed by atoms with E-state index in [1.54, 1.807) is 0 Å². The van der Waals surface area contributed by atoms with Crippen LogP contribution in [0.25, 0.3) is 0 Å². The van der Waals surface area contributed by atoms with Crippen molar-refractivity contribution in [1.82, 2.24) is 15.5 Å². The SMILES string of the molecule is CCNC(=NCCN1CCOCC1)NCCC1=CCOCC1. The van der Waals surface area contributed by atoms with Gasteiger partial charge in [0.1, 0.15) is 0 Å². The van der Waals surface area contributed by atoms with Crippen molar-refractivity contribution in [2.75, 3.05) is 65.7 Å². The number of aliphatic imine (C=N–C) groups is 1. The van der Waals surface area contributed by atoms with E-state index in [0.29, 0.717) is 0 Å². The molecule has 126 valence electrons. The lowest BCUT2D eigenvalue weighted by molar-refractivity contribution is 0.0394. The molecular weight excluding hydrogens is 280 g/mol. The number of hydrogen-bond acceptors (Lipinski definition) is 4. The molecule has 2 aliphatic rings. The van der Waals surface area contributed by atoms with Crippen molar-refractivity contribution in [3.8, 4) is 0 Å². The molecule has 6 heteroatoms. The molecule has 0 saturated carbocycles. The van der Waals surface area contributed by atoms with E-state index in [2.05, 4.69) is 33.5 Å². The van der Waals surface area contributed by atoms with Gasteiger partial charge in [0.2, 0.25) is 0 Å². The normalized spacial score (nSPS) is 20.6. The summed E-state index contributed by atoms with van der Waals surface area (Å²) in [7, 11) is 0. The van der Waals surface area contributed by atoms with Crippen LogP contribution in [0.2, 0.25) is 0 Å². The van der Waals surface area contributed by atoms with Gasteiger partial charge in [0.05, 0.1) is 33.0 Å². The molecule has 6 nitrogen and oxygen atoms in total. The van der Waals surface area contributed by atoms with Crippen molar-refractivity contribution in [3.05, 3.63) is 11.6 Å². The van der Waals surface area contributed by atoms with Gasteiger partial charge in [-0.2, -0.15) is 0 Å². The minimum Gasteiger partial charge on any atom is -0.379 e. The van der Waals surface area contributed by atoms with Crippen molar-refractivity contribution in [2.45, 2.75) is 19.8 Å². The van der Waals surface area contributed by atoms with Crippen LogP contribution in [0, 0.1) is 0 Å². The monoisotopic (exact) mass is 310 g/mol. The number of nitrogens with one attached hydrogen (secondary N) is 2. The van der Waals surface area contributed by atoms with E-state index in [4.69, 9.17) is 9.47 Å². The molecule has 0 aromatic heterocycles. The number of rotatable bonds is 7. The van der Waals surface area contributed by atoms with Crippen LogP contribution in [-0.4, -0.2) is 76.6 Å². The summed E-state index contributed by atoms with van der Waals surface area (Å²) in [5.74, 6) is 0.920. The standard InChI is InChI=1S/C16H30N4O2/c1-2-17-16(18-6-3-15-4-11-21-12-5-15)19-7-8-20-9-13-22-14-10-20/h4H,2-3,5-14H2,1H3,(H2,17,18,19). The first-order chi connectivity index (χ1) is 10.9. The molecule has 0 amide bonds. The van der Waals surface area contributed by atoms with E-state index in [1.807, 2.05) is 0 Å². The Hall–Kier alpha value is -1.11.